The first-order chi connectivity index (χ1) is 9.24. The molecule has 1 heterocycles. The van der Waals surface area contributed by atoms with Gasteiger partial charge in [0, 0.05) is 26.7 Å². The van der Waals surface area contributed by atoms with Crippen molar-refractivity contribution in [1.82, 2.24) is 5.32 Å². The van der Waals surface area contributed by atoms with E-state index in [2.05, 4.69) is 35.3 Å². The Morgan fingerprint density at radius 1 is 1.37 bits per heavy atom. The van der Waals surface area contributed by atoms with Crippen LogP contribution in [0.3, 0.4) is 0 Å². The van der Waals surface area contributed by atoms with Crippen molar-refractivity contribution in [2.24, 2.45) is 0 Å². The first-order valence-corrected chi connectivity index (χ1v) is 7.39. The SMILES string of the molecule is CCNCc1ccc(N2CCC(OC)CC2)c(Cl)c1. The number of piperidine rings is 1. The van der Waals surface area contributed by atoms with Crippen LogP contribution in [0.4, 0.5) is 5.69 Å². The Labute approximate surface area is 120 Å². The normalized spacial score (nSPS) is 16.9. The van der Waals surface area contributed by atoms with Crippen LogP contribution in [-0.4, -0.2) is 32.8 Å². The van der Waals surface area contributed by atoms with Crippen LogP contribution in [0.1, 0.15) is 25.3 Å². The van der Waals surface area contributed by atoms with Gasteiger partial charge in [-0.05, 0) is 37.1 Å². The van der Waals surface area contributed by atoms with E-state index in [0.717, 1.165) is 49.7 Å². The van der Waals surface area contributed by atoms with Gasteiger partial charge < -0.3 is 15.0 Å². The van der Waals surface area contributed by atoms with E-state index in [4.69, 9.17) is 16.3 Å². The Kier molecular flexibility index (Phi) is 5.49. The van der Waals surface area contributed by atoms with Gasteiger partial charge in [-0.1, -0.05) is 24.6 Å². The summed E-state index contributed by atoms with van der Waals surface area (Å²) in [5.41, 5.74) is 2.39. The van der Waals surface area contributed by atoms with Crippen molar-refractivity contribution < 1.29 is 4.74 Å². The summed E-state index contributed by atoms with van der Waals surface area (Å²) in [5, 5.41) is 4.17. The molecule has 0 radical (unpaired) electrons. The molecule has 1 aromatic rings. The van der Waals surface area contributed by atoms with E-state index in [-0.39, 0.29) is 0 Å². The molecule has 0 spiro atoms. The van der Waals surface area contributed by atoms with Crippen LogP contribution in [0.25, 0.3) is 0 Å². The molecule has 1 aromatic carbocycles. The summed E-state index contributed by atoms with van der Waals surface area (Å²) >= 11 is 6.41. The minimum absolute atomic E-state index is 0.406. The van der Waals surface area contributed by atoms with Gasteiger partial charge >= 0.3 is 0 Å². The van der Waals surface area contributed by atoms with Crippen molar-refractivity contribution in [3.8, 4) is 0 Å². The third-order valence-electron chi connectivity index (χ3n) is 3.71. The van der Waals surface area contributed by atoms with Crippen molar-refractivity contribution in [2.45, 2.75) is 32.4 Å². The summed E-state index contributed by atoms with van der Waals surface area (Å²) in [6.45, 7) is 6.00. The maximum absolute atomic E-state index is 6.41. The molecule has 0 unspecified atom stereocenters. The van der Waals surface area contributed by atoms with Crippen molar-refractivity contribution in [2.75, 3.05) is 31.6 Å². The molecular formula is C15H23ClN2O. The van der Waals surface area contributed by atoms with E-state index < -0.39 is 0 Å². The van der Waals surface area contributed by atoms with Gasteiger partial charge in [-0.3, -0.25) is 0 Å². The van der Waals surface area contributed by atoms with Crippen LogP contribution in [0.2, 0.25) is 5.02 Å². The van der Waals surface area contributed by atoms with Crippen molar-refractivity contribution >= 4 is 17.3 Å². The fraction of sp³-hybridized carbons (Fsp3) is 0.600. The van der Waals surface area contributed by atoms with Crippen molar-refractivity contribution in [3.63, 3.8) is 0 Å². The first kappa shape index (κ1) is 14.6. The van der Waals surface area contributed by atoms with Crippen molar-refractivity contribution in [3.05, 3.63) is 28.8 Å². The number of benzene rings is 1. The van der Waals surface area contributed by atoms with Crippen LogP contribution in [0.15, 0.2) is 18.2 Å². The van der Waals surface area contributed by atoms with Gasteiger partial charge in [0.2, 0.25) is 0 Å². The summed E-state index contributed by atoms with van der Waals surface area (Å²) in [7, 11) is 1.79. The summed E-state index contributed by atoms with van der Waals surface area (Å²) < 4.78 is 5.40. The second-order valence-corrected chi connectivity index (χ2v) is 5.40. The van der Waals surface area contributed by atoms with Gasteiger partial charge in [0.05, 0.1) is 16.8 Å². The van der Waals surface area contributed by atoms with Gasteiger partial charge in [-0.15, -0.1) is 0 Å². The van der Waals surface area contributed by atoms with Crippen LogP contribution < -0.4 is 10.2 Å². The van der Waals surface area contributed by atoms with E-state index in [1.54, 1.807) is 7.11 Å². The number of hydrogen-bond donors (Lipinski definition) is 1. The quantitative estimate of drug-likeness (QED) is 0.898. The molecule has 1 aliphatic heterocycles. The number of hydrogen-bond acceptors (Lipinski definition) is 3. The third kappa shape index (κ3) is 3.85. The molecule has 0 aromatic heterocycles. The maximum atomic E-state index is 6.41. The average molecular weight is 283 g/mol. The van der Waals surface area contributed by atoms with E-state index in [0.29, 0.717) is 6.10 Å². The minimum atomic E-state index is 0.406. The number of rotatable bonds is 5. The molecule has 1 aliphatic rings. The lowest BCUT2D eigenvalue weighted by atomic mass is 10.1. The predicted molar refractivity (Wildman–Crippen MR) is 81.1 cm³/mol. The Morgan fingerprint density at radius 3 is 2.68 bits per heavy atom. The summed E-state index contributed by atoms with van der Waals surface area (Å²) in [4.78, 5) is 2.36. The Balaban J connectivity index is 2.01. The number of methoxy groups -OCH3 is 1. The zero-order chi connectivity index (χ0) is 13.7. The Hall–Kier alpha value is -0.770. The molecule has 2 rings (SSSR count). The van der Waals surface area contributed by atoms with Crippen LogP contribution in [-0.2, 0) is 11.3 Å². The molecular weight excluding hydrogens is 260 g/mol. The molecule has 1 fully saturated rings. The molecule has 0 saturated carbocycles. The van der Waals surface area contributed by atoms with Gasteiger partial charge in [-0.25, -0.2) is 0 Å². The lowest BCUT2D eigenvalue weighted by Crippen LogP contribution is -2.36. The highest BCUT2D eigenvalue weighted by Crippen LogP contribution is 2.29. The van der Waals surface area contributed by atoms with E-state index in [1.807, 2.05) is 0 Å². The van der Waals surface area contributed by atoms with E-state index >= 15 is 0 Å². The summed E-state index contributed by atoms with van der Waals surface area (Å²) in [5.74, 6) is 0. The summed E-state index contributed by atoms with van der Waals surface area (Å²) in [6, 6.07) is 6.37. The highest BCUT2D eigenvalue weighted by atomic mass is 35.5. The molecule has 1 N–H and O–H groups in total. The first-order valence-electron chi connectivity index (χ1n) is 7.01. The maximum Gasteiger partial charge on any atom is 0.0642 e. The molecule has 0 bridgehead atoms. The standard InChI is InChI=1S/C15H23ClN2O/c1-3-17-11-12-4-5-15(14(16)10-12)18-8-6-13(19-2)7-9-18/h4-5,10,13,17H,3,6-9,11H2,1-2H3. The zero-order valence-corrected chi connectivity index (χ0v) is 12.5. The Bertz CT molecular complexity index is 403. The lowest BCUT2D eigenvalue weighted by molar-refractivity contribution is 0.0819. The second kappa shape index (κ2) is 7.13. The summed E-state index contributed by atoms with van der Waals surface area (Å²) in [6.07, 6.45) is 2.56. The van der Waals surface area contributed by atoms with Gasteiger partial charge in [-0.2, -0.15) is 0 Å². The topological polar surface area (TPSA) is 24.5 Å². The van der Waals surface area contributed by atoms with Crippen molar-refractivity contribution in [1.29, 1.82) is 0 Å². The fourth-order valence-corrected chi connectivity index (χ4v) is 2.84. The second-order valence-electron chi connectivity index (χ2n) is 4.99. The lowest BCUT2D eigenvalue weighted by Gasteiger charge is -2.33. The fourth-order valence-electron chi connectivity index (χ4n) is 2.52. The molecule has 0 amide bonds. The molecule has 0 atom stereocenters. The minimum Gasteiger partial charge on any atom is -0.381 e. The monoisotopic (exact) mass is 282 g/mol. The Morgan fingerprint density at radius 2 is 2.11 bits per heavy atom. The number of ether oxygens (including phenoxy) is 1. The van der Waals surface area contributed by atoms with E-state index in [1.165, 1.54) is 5.56 Å². The molecule has 1 saturated heterocycles. The molecule has 106 valence electrons. The molecule has 0 aliphatic carbocycles. The molecule has 19 heavy (non-hydrogen) atoms. The number of halogens is 1. The van der Waals surface area contributed by atoms with E-state index in [9.17, 15) is 0 Å². The largest absolute Gasteiger partial charge is 0.381 e. The van der Waals surface area contributed by atoms with Crippen LogP contribution in [0.5, 0.6) is 0 Å². The van der Waals surface area contributed by atoms with Gasteiger partial charge in [0.1, 0.15) is 0 Å². The predicted octanol–water partition coefficient (Wildman–Crippen LogP) is 3.06. The number of nitrogens with zero attached hydrogens (tertiary/aromatic N) is 1. The zero-order valence-electron chi connectivity index (χ0n) is 11.8. The van der Waals surface area contributed by atoms with Gasteiger partial charge in [0.25, 0.3) is 0 Å². The number of nitrogens with one attached hydrogen (secondary N) is 1. The van der Waals surface area contributed by atoms with Crippen LogP contribution in [0, 0.1) is 0 Å². The number of anilines is 1. The van der Waals surface area contributed by atoms with Gasteiger partial charge in [0.15, 0.2) is 0 Å². The van der Waals surface area contributed by atoms with Crippen LogP contribution >= 0.6 is 11.6 Å². The average Bonchev–Trinajstić information content (AvgIpc) is 2.45. The molecule has 3 nitrogen and oxygen atoms in total. The highest BCUT2D eigenvalue weighted by Gasteiger charge is 2.20. The highest BCUT2D eigenvalue weighted by molar-refractivity contribution is 6.33. The third-order valence-corrected chi connectivity index (χ3v) is 4.01. The molecule has 4 heteroatoms. The smallest absolute Gasteiger partial charge is 0.0642 e.